The van der Waals surface area contributed by atoms with Crippen LogP contribution < -0.4 is 10.1 Å². The summed E-state index contributed by atoms with van der Waals surface area (Å²) in [6.45, 7) is 2.04. The molecule has 0 radical (unpaired) electrons. The molecule has 0 spiro atoms. The van der Waals surface area contributed by atoms with Crippen molar-refractivity contribution < 1.29 is 32.6 Å². The first-order valence-corrected chi connectivity index (χ1v) is 10.5. The van der Waals surface area contributed by atoms with Crippen LogP contribution in [0.2, 0.25) is 0 Å². The number of carboxylic acids is 1. The van der Waals surface area contributed by atoms with Gasteiger partial charge in [0.15, 0.2) is 0 Å². The van der Waals surface area contributed by atoms with Gasteiger partial charge >= 0.3 is 12.1 Å². The van der Waals surface area contributed by atoms with Crippen molar-refractivity contribution in [2.45, 2.75) is 44.8 Å². The van der Waals surface area contributed by atoms with Gasteiger partial charge < -0.3 is 15.2 Å². The first-order chi connectivity index (χ1) is 15.1. The Morgan fingerprint density at radius 3 is 2.47 bits per heavy atom. The van der Waals surface area contributed by atoms with Crippen LogP contribution in [-0.2, 0) is 22.3 Å². The van der Waals surface area contributed by atoms with Crippen LogP contribution in [0.4, 0.5) is 13.2 Å². The van der Waals surface area contributed by atoms with E-state index in [1.807, 2.05) is 0 Å². The van der Waals surface area contributed by atoms with Crippen molar-refractivity contribution in [3.05, 3.63) is 53.1 Å². The maximum atomic E-state index is 13.3. The number of aliphatic carboxylic acids is 1. The summed E-state index contributed by atoms with van der Waals surface area (Å²) < 4.78 is 45.4. The number of methoxy groups -OCH3 is 1. The predicted molar refractivity (Wildman–Crippen MR) is 114 cm³/mol. The zero-order chi connectivity index (χ0) is 23.5. The van der Waals surface area contributed by atoms with Crippen molar-refractivity contribution >= 4 is 11.8 Å². The fraction of sp³-hybridized carbons (Fsp3) is 0.417. The molecule has 172 valence electrons. The maximum absolute atomic E-state index is 13.3. The van der Waals surface area contributed by atoms with E-state index in [0.29, 0.717) is 41.0 Å². The summed E-state index contributed by atoms with van der Waals surface area (Å²) in [6.07, 6.45) is -2.32. The number of ether oxygens (including phenoxy) is 1. The number of alkyl halides is 3. The molecule has 0 aromatic heterocycles. The zero-order valence-electron chi connectivity index (χ0n) is 18.0. The molecule has 5 nitrogen and oxygen atoms in total. The molecule has 1 aliphatic rings. The summed E-state index contributed by atoms with van der Waals surface area (Å²) in [7, 11) is 1.45. The third-order valence-corrected chi connectivity index (χ3v) is 5.71. The highest BCUT2D eigenvalue weighted by Crippen LogP contribution is 2.38. The van der Waals surface area contributed by atoms with Gasteiger partial charge in [-0.25, -0.2) is 0 Å². The van der Waals surface area contributed by atoms with E-state index in [2.05, 4.69) is 5.32 Å². The van der Waals surface area contributed by atoms with E-state index in [1.54, 1.807) is 25.1 Å². The first kappa shape index (κ1) is 23.8. The third kappa shape index (κ3) is 5.68. The molecule has 0 aliphatic heterocycles. The van der Waals surface area contributed by atoms with Crippen LogP contribution in [0.1, 0.15) is 48.8 Å². The van der Waals surface area contributed by atoms with Crippen molar-refractivity contribution in [3.63, 3.8) is 0 Å². The molecule has 1 atom stereocenters. The topological polar surface area (TPSA) is 75.6 Å². The van der Waals surface area contributed by atoms with Crippen LogP contribution in [0.3, 0.4) is 0 Å². The van der Waals surface area contributed by atoms with Gasteiger partial charge in [0.2, 0.25) is 0 Å². The van der Waals surface area contributed by atoms with Crippen molar-refractivity contribution in [2.75, 3.05) is 13.7 Å². The molecular formula is C24H26F3NO4. The van der Waals surface area contributed by atoms with Crippen molar-refractivity contribution in [2.24, 2.45) is 5.92 Å². The van der Waals surface area contributed by atoms with Gasteiger partial charge in [-0.2, -0.15) is 13.2 Å². The lowest BCUT2D eigenvalue weighted by molar-refractivity contribution is -0.139. The van der Waals surface area contributed by atoms with Crippen LogP contribution in [0.25, 0.3) is 11.1 Å². The SMILES string of the molecule is COc1ccc([C@H](C)C(=O)O)cc1-c1ccc(C(F)(F)F)cc1CNCCC(=O)C1CC1. The molecule has 8 heteroatoms. The monoisotopic (exact) mass is 449 g/mol. The Balaban J connectivity index is 1.94. The van der Waals surface area contributed by atoms with E-state index in [-0.39, 0.29) is 18.2 Å². The summed E-state index contributed by atoms with van der Waals surface area (Å²) in [5.41, 5.74) is 1.15. The average Bonchev–Trinajstić information content (AvgIpc) is 3.60. The molecule has 0 heterocycles. The van der Waals surface area contributed by atoms with E-state index in [4.69, 9.17) is 4.74 Å². The van der Waals surface area contributed by atoms with Gasteiger partial charge in [0.25, 0.3) is 0 Å². The van der Waals surface area contributed by atoms with Gasteiger partial charge in [-0.15, -0.1) is 0 Å². The Labute approximate surface area is 184 Å². The number of halogens is 3. The predicted octanol–water partition coefficient (Wildman–Crippen LogP) is 5.03. The van der Waals surface area contributed by atoms with Crippen molar-refractivity contribution in [1.29, 1.82) is 0 Å². The second kappa shape index (κ2) is 9.73. The summed E-state index contributed by atoms with van der Waals surface area (Å²) in [4.78, 5) is 23.3. The highest BCUT2D eigenvalue weighted by Gasteiger charge is 2.31. The summed E-state index contributed by atoms with van der Waals surface area (Å²) in [5.74, 6) is -1.04. The molecule has 32 heavy (non-hydrogen) atoms. The minimum absolute atomic E-state index is 0.124. The van der Waals surface area contributed by atoms with E-state index in [9.17, 15) is 27.9 Å². The molecule has 2 aromatic carbocycles. The maximum Gasteiger partial charge on any atom is 0.416 e. The number of hydrogen-bond donors (Lipinski definition) is 2. The third-order valence-electron chi connectivity index (χ3n) is 5.71. The molecule has 2 N–H and O–H groups in total. The van der Waals surface area contributed by atoms with E-state index in [0.717, 1.165) is 25.0 Å². The van der Waals surface area contributed by atoms with Crippen LogP contribution >= 0.6 is 0 Å². The number of carboxylic acid groups (broad SMARTS) is 1. The second-order valence-electron chi connectivity index (χ2n) is 8.06. The van der Waals surface area contributed by atoms with Gasteiger partial charge in [0.1, 0.15) is 11.5 Å². The van der Waals surface area contributed by atoms with Gasteiger partial charge in [0.05, 0.1) is 18.6 Å². The van der Waals surface area contributed by atoms with E-state index >= 15 is 0 Å². The molecule has 0 saturated heterocycles. The van der Waals surface area contributed by atoms with E-state index in [1.165, 1.54) is 13.2 Å². The Morgan fingerprint density at radius 1 is 1.16 bits per heavy atom. The fourth-order valence-corrected chi connectivity index (χ4v) is 3.57. The number of rotatable bonds is 10. The Kier molecular flexibility index (Phi) is 7.23. The number of carbonyl (C=O) groups is 2. The van der Waals surface area contributed by atoms with Crippen molar-refractivity contribution in [1.82, 2.24) is 5.32 Å². The van der Waals surface area contributed by atoms with Crippen molar-refractivity contribution in [3.8, 4) is 16.9 Å². The lowest BCUT2D eigenvalue weighted by Crippen LogP contribution is -2.19. The molecular weight excluding hydrogens is 423 g/mol. The minimum Gasteiger partial charge on any atom is -0.496 e. The number of ketones is 1. The molecule has 0 unspecified atom stereocenters. The normalized spacial score (nSPS) is 14.8. The smallest absolute Gasteiger partial charge is 0.416 e. The fourth-order valence-electron chi connectivity index (χ4n) is 3.57. The van der Waals surface area contributed by atoms with Crippen LogP contribution in [0.5, 0.6) is 5.75 Å². The largest absolute Gasteiger partial charge is 0.496 e. The highest BCUT2D eigenvalue weighted by atomic mass is 19.4. The molecule has 0 amide bonds. The Hall–Kier alpha value is -2.87. The number of Topliss-reactive ketones (excluding diaryl/α,β-unsaturated/α-hetero) is 1. The van der Waals surface area contributed by atoms with Gasteiger partial charge in [-0.3, -0.25) is 9.59 Å². The first-order valence-electron chi connectivity index (χ1n) is 10.5. The molecule has 3 rings (SSSR count). The summed E-state index contributed by atoms with van der Waals surface area (Å²) in [5, 5.41) is 12.4. The number of carbonyl (C=O) groups excluding carboxylic acids is 1. The van der Waals surface area contributed by atoms with Crippen LogP contribution in [0, 0.1) is 5.92 Å². The highest BCUT2D eigenvalue weighted by molar-refractivity contribution is 5.83. The Bertz CT molecular complexity index is 999. The minimum atomic E-state index is -4.50. The molecule has 1 saturated carbocycles. The number of nitrogens with one attached hydrogen (secondary N) is 1. The molecule has 2 aromatic rings. The van der Waals surface area contributed by atoms with E-state index < -0.39 is 23.6 Å². The molecule has 1 fully saturated rings. The summed E-state index contributed by atoms with van der Waals surface area (Å²) in [6, 6.07) is 8.35. The Morgan fingerprint density at radius 2 is 1.88 bits per heavy atom. The van der Waals surface area contributed by atoms with Gasteiger partial charge in [-0.05, 0) is 60.7 Å². The average molecular weight is 449 g/mol. The zero-order valence-corrected chi connectivity index (χ0v) is 18.0. The standard InChI is InChI=1S/C24H26F3NO4/c1-14(23(30)31)16-5-8-22(32-2)20(12-16)19-7-6-18(24(25,26)27)11-17(19)13-28-10-9-21(29)15-3-4-15/h5-8,11-12,14-15,28H,3-4,9-10,13H2,1-2H3,(H,30,31)/t14-/m0/s1. The van der Waals surface area contributed by atoms with Gasteiger partial charge in [-0.1, -0.05) is 12.1 Å². The summed E-state index contributed by atoms with van der Waals surface area (Å²) >= 11 is 0. The lowest BCUT2D eigenvalue weighted by atomic mass is 9.92. The quantitative estimate of drug-likeness (QED) is 0.498. The molecule has 0 bridgehead atoms. The molecule has 1 aliphatic carbocycles. The second-order valence-corrected chi connectivity index (χ2v) is 8.06. The number of benzene rings is 2. The lowest BCUT2D eigenvalue weighted by Gasteiger charge is -2.18. The van der Waals surface area contributed by atoms with Gasteiger partial charge in [0, 0.05) is 31.0 Å². The van der Waals surface area contributed by atoms with Crippen LogP contribution in [-0.4, -0.2) is 30.5 Å². The number of hydrogen-bond acceptors (Lipinski definition) is 4. The van der Waals surface area contributed by atoms with Crippen LogP contribution in [0.15, 0.2) is 36.4 Å².